The number of hydrogen-bond donors (Lipinski definition) is 1. The van der Waals surface area contributed by atoms with Crippen molar-refractivity contribution in [2.24, 2.45) is 5.92 Å². The van der Waals surface area contributed by atoms with Gasteiger partial charge < -0.3 is 10.0 Å². The molecule has 148 valence electrons. The van der Waals surface area contributed by atoms with E-state index < -0.39 is 30.2 Å². The molecular formula is C22H23ClFNO3. The average Bonchev–Trinajstić information content (AvgIpc) is 2.72. The van der Waals surface area contributed by atoms with Crippen molar-refractivity contribution in [3.05, 3.63) is 70.0 Å². The van der Waals surface area contributed by atoms with E-state index in [0.717, 1.165) is 11.1 Å². The molecule has 2 aromatic carbocycles. The van der Waals surface area contributed by atoms with Crippen LogP contribution in [0.15, 0.2) is 42.5 Å². The highest BCUT2D eigenvalue weighted by molar-refractivity contribution is 6.31. The summed E-state index contributed by atoms with van der Waals surface area (Å²) in [7, 11) is 0. The number of halogens is 2. The van der Waals surface area contributed by atoms with E-state index >= 15 is 0 Å². The Labute approximate surface area is 168 Å². The van der Waals surface area contributed by atoms with Gasteiger partial charge in [0.15, 0.2) is 0 Å². The summed E-state index contributed by atoms with van der Waals surface area (Å²) >= 11 is 6.41. The lowest BCUT2D eigenvalue weighted by atomic mass is 9.82. The maximum Gasteiger partial charge on any atom is 0.323 e. The largest absolute Gasteiger partial charge is 0.480 e. The van der Waals surface area contributed by atoms with Crippen molar-refractivity contribution in [3.8, 4) is 0 Å². The normalized spacial score (nSPS) is 19.5. The number of carbonyl (C=O) groups excluding carboxylic acids is 1. The van der Waals surface area contributed by atoms with Gasteiger partial charge in [-0.3, -0.25) is 9.59 Å². The van der Waals surface area contributed by atoms with Crippen LogP contribution in [-0.4, -0.2) is 35.0 Å². The number of carboxylic acids is 1. The first-order valence-electron chi connectivity index (χ1n) is 9.32. The molecule has 0 radical (unpaired) electrons. The summed E-state index contributed by atoms with van der Waals surface area (Å²) < 4.78 is 14.2. The lowest BCUT2D eigenvalue weighted by Crippen LogP contribution is -2.39. The molecule has 2 atom stereocenters. The smallest absolute Gasteiger partial charge is 0.323 e. The SMILES string of the molecule is CC(C)C[C@H]1C(=O)N(CC(=O)O)C[C@H](c2ccccc2Cl)c2cc(F)ccc21. The standard InChI is InChI=1S/C22H23ClFNO3/c1-13(2)9-18-15-8-7-14(24)10-17(15)19(16-5-3-4-6-20(16)23)11-25(22(18)28)12-21(26)27/h3-8,10,13,18-19H,9,11-12H2,1-2H3,(H,26,27)/t18-,19-/m1/s1. The van der Waals surface area contributed by atoms with E-state index in [4.69, 9.17) is 11.6 Å². The minimum absolute atomic E-state index is 0.139. The molecular weight excluding hydrogens is 381 g/mol. The van der Waals surface area contributed by atoms with Crippen molar-refractivity contribution in [2.45, 2.75) is 32.1 Å². The van der Waals surface area contributed by atoms with Crippen LogP contribution in [0.5, 0.6) is 0 Å². The maximum atomic E-state index is 14.2. The molecule has 1 amide bonds. The fourth-order valence-corrected chi connectivity index (χ4v) is 4.22. The first-order chi connectivity index (χ1) is 13.3. The van der Waals surface area contributed by atoms with Crippen LogP contribution >= 0.6 is 11.6 Å². The molecule has 0 fully saturated rings. The second-order valence-electron chi connectivity index (χ2n) is 7.64. The molecule has 0 spiro atoms. The van der Waals surface area contributed by atoms with Crippen molar-refractivity contribution < 1.29 is 19.1 Å². The third kappa shape index (κ3) is 4.20. The zero-order valence-corrected chi connectivity index (χ0v) is 16.6. The molecule has 2 aromatic rings. The fraction of sp³-hybridized carbons (Fsp3) is 0.364. The first-order valence-corrected chi connectivity index (χ1v) is 9.70. The van der Waals surface area contributed by atoms with Crippen LogP contribution in [0, 0.1) is 11.7 Å². The number of rotatable bonds is 5. The third-order valence-corrected chi connectivity index (χ3v) is 5.47. The van der Waals surface area contributed by atoms with E-state index in [9.17, 15) is 19.1 Å². The minimum Gasteiger partial charge on any atom is -0.480 e. The molecule has 0 saturated heterocycles. The van der Waals surface area contributed by atoms with Crippen molar-refractivity contribution in [3.63, 3.8) is 0 Å². The lowest BCUT2D eigenvalue weighted by Gasteiger charge is -2.26. The van der Waals surface area contributed by atoms with Crippen molar-refractivity contribution in [1.82, 2.24) is 4.90 Å². The molecule has 0 aliphatic carbocycles. The Bertz CT molecular complexity index is 899. The van der Waals surface area contributed by atoms with Crippen LogP contribution in [0.2, 0.25) is 5.02 Å². The lowest BCUT2D eigenvalue weighted by molar-refractivity contribution is -0.145. The van der Waals surface area contributed by atoms with Crippen molar-refractivity contribution in [2.75, 3.05) is 13.1 Å². The Morgan fingerprint density at radius 2 is 1.93 bits per heavy atom. The van der Waals surface area contributed by atoms with E-state index in [1.807, 2.05) is 26.0 Å². The number of nitrogens with zero attached hydrogens (tertiary/aromatic N) is 1. The molecule has 1 N–H and O–H groups in total. The van der Waals surface area contributed by atoms with Crippen LogP contribution in [0.3, 0.4) is 0 Å². The highest BCUT2D eigenvalue weighted by atomic mass is 35.5. The summed E-state index contributed by atoms with van der Waals surface area (Å²) in [4.78, 5) is 26.0. The van der Waals surface area contributed by atoms with Gasteiger partial charge in [0, 0.05) is 17.5 Å². The van der Waals surface area contributed by atoms with Gasteiger partial charge in [0.1, 0.15) is 12.4 Å². The molecule has 28 heavy (non-hydrogen) atoms. The molecule has 0 unspecified atom stereocenters. The molecule has 1 heterocycles. The number of amides is 1. The van der Waals surface area contributed by atoms with E-state index in [2.05, 4.69) is 0 Å². The van der Waals surface area contributed by atoms with Crippen LogP contribution in [0.1, 0.15) is 48.8 Å². The number of fused-ring (bicyclic) bond motifs is 1. The van der Waals surface area contributed by atoms with Gasteiger partial charge in [0.25, 0.3) is 0 Å². The van der Waals surface area contributed by atoms with Crippen LogP contribution in [-0.2, 0) is 9.59 Å². The molecule has 4 nitrogen and oxygen atoms in total. The molecule has 1 aliphatic rings. The number of aliphatic carboxylic acids is 1. The average molecular weight is 404 g/mol. The summed E-state index contributed by atoms with van der Waals surface area (Å²) in [5, 5.41) is 9.84. The Morgan fingerprint density at radius 3 is 2.57 bits per heavy atom. The van der Waals surface area contributed by atoms with Gasteiger partial charge in [-0.25, -0.2) is 4.39 Å². The van der Waals surface area contributed by atoms with E-state index in [-0.39, 0.29) is 18.4 Å². The second-order valence-corrected chi connectivity index (χ2v) is 8.05. The van der Waals surface area contributed by atoms with E-state index in [1.54, 1.807) is 18.2 Å². The van der Waals surface area contributed by atoms with E-state index in [0.29, 0.717) is 17.0 Å². The topological polar surface area (TPSA) is 57.6 Å². The molecule has 6 heteroatoms. The molecule has 0 aromatic heterocycles. The predicted octanol–water partition coefficient (Wildman–Crippen LogP) is 4.67. The van der Waals surface area contributed by atoms with Crippen molar-refractivity contribution >= 4 is 23.5 Å². The van der Waals surface area contributed by atoms with E-state index in [1.165, 1.54) is 17.0 Å². The summed E-state index contributed by atoms with van der Waals surface area (Å²) in [6.07, 6.45) is 0.558. The minimum atomic E-state index is -1.08. The third-order valence-electron chi connectivity index (χ3n) is 5.13. The molecule has 1 aliphatic heterocycles. The van der Waals surface area contributed by atoms with Gasteiger partial charge in [-0.15, -0.1) is 0 Å². The van der Waals surface area contributed by atoms with Gasteiger partial charge in [-0.2, -0.15) is 0 Å². The zero-order chi connectivity index (χ0) is 20.4. The van der Waals surface area contributed by atoms with Crippen LogP contribution in [0.4, 0.5) is 4.39 Å². The summed E-state index contributed by atoms with van der Waals surface area (Å²) in [5.41, 5.74) is 2.20. The van der Waals surface area contributed by atoms with Gasteiger partial charge in [-0.1, -0.05) is 49.7 Å². The monoisotopic (exact) mass is 403 g/mol. The maximum absolute atomic E-state index is 14.2. The molecule has 3 rings (SSSR count). The Hall–Kier alpha value is -2.40. The summed E-state index contributed by atoms with van der Waals surface area (Å²) in [6.45, 7) is 3.76. The summed E-state index contributed by atoms with van der Waals surface area (Å²) in [6, 6.07) is 11.7. The number of carbonyl (C=O) groups is 2. The van der Waals surface area contributed by atoms with Gasteiger partial charge in [0.2, 0.25) is 5.91 Å². The number of hydrogen-bond acceptors (Lipinski definition) is 2. The fourth-order valence-electron chi connectivity index (χ4n) is 3.96. The quantitative estimate of drug-likeness (QED) is 0.789. The summed E-state index contributed by atoms with van der Waals surface area (Å²) in [5.74, 6) is -2.40. The Kier molecular flexibility index (Phi) is 6.04. The zero-order valence-electron chi connectivity index (χ0n) is 15.9. The van der Waals surface area contributed by atoms with Crippen LogP contribution < -0.4 is 0 Å². The number of carboxylic acid groups (broad SMARTS) is 1. The number of benzene rings is 2. The molecule has 0 saturated carbocycles. The van der Waals surface area contributed by atoms with Gasteiger partial charge in [-0.05, 0) is 47.2 Å². The van der Waals surface area contributed by atoms with Gasteiger partial charge >= 0.3 is 5.97 Å². The molecule has 0 bridgehead atoms. The Morgan fingerprint density at radius 1 is 1.21 bits per heavy atom. The second kappa shape index (κ2) is 8.31. The highest BCUT2D eigenvalue weighted by Gasteiger charge is 2.37. The first kappa shape index (κ1) is 20.3. The van der Waals surface area contributed by atoms with Crippen molar-refractivity contribution in [1.29, 1.82) is 0 Å². The highest BCUT2D eigenvalue weighted by Crippen LogP contribution is 2.41. The predicted molar refractivity (Wildman–Crippen MR) is 106 cm³/mol. The van der Waals surface area contributed by atoms with Crippen LogP contribution in [0.25, 0.3) is 0 Å². The van der Waals surface area contributed by atoms with Gasteiger partial charge in [0.05, 0.1) is 5.92 Å². The Balaban J connectivity index is 2.20.